The lowest BCUT2D eigenvalue weighted by atomic mass is 10.2. The number of pyridine rings is 1. The van der Waals surface area contributed by atoms with Gasteiger partial charge >= 0.3 is 0 Å². The van der Waals surface area contributed by atoms with Gasteiger partial charge in [-0.05, 0) is 18.6 Å². The zero-order chi connectivity index (χ0) is 16.6. The number of aromatic nitrogens is 3. The second kappa shape index (κ2) is 5.61. The highest BCUT2D eigenvalue weighted by Crippen LogP contribution is 2.34. The molecule has 1 aromatic carbocycles. The van der Waals surface area contributed by atoms with Gasteiger partial charge in [0.05, 0.1) is 17.5 Å². The number of imidazole rings is 1. The van der Waals surface area contributed by atoms with E-state index in [1.807, 2.05) is 55.7 Å². The predicted molar refractivity (Wildman–Crippen MR) is 88.8 cm³/mol. The van der Waals surface area contributed by atoms with E-state index in [-0.39, 0.29) is 5.69 Å². The maximum Gasteiger partial charge on any atom is 0.183 e. The number of hydrogen-bond acceptors (Lipinski definition) is 5. The molecule has 0 saturated heterocycles. The molecule has 3 rings (SSSR count). The molecule has 3 aromatic rings. The van der Waals surface area contributed by atoms with Gasteiger partial charge in [0, 0.05) is 39.5 Å². The first kappa shape index (κ1) is 14.9. The van der Waals surface area contributed by atoms with Crippen molar-refractivity contribution in [3.05, 3.63) is 42.0 Å². The zero-order valence-corrected chi connectivity index (χ0v) is 13.5. The van der Waals surface area contributed by atoms with Crippen LogP contribution in [0.5, 0.6) is 11.5 Å². The highest BCUT2D eigenvalue weighted by Gasteiger charge is 2.14. The van der Waals surface area contributed by atoms with Gasteiger partial charge in [-0.1, -0.05) is 0 Å². The summed E-state index contributed by atoms with van der Waals surface area (Å²) in [6, 6.07) is 7.74. The van der Waals surface area contributed by atoms with Crippen LogP contribution in [-0.2, 0) is 7.05 Å². The molecule has 0 atom stereocenters. The number of nitrogens with zero attached hydrogens (tertiary/aromatic N) is 5. The minimum Gasteiger partial charge on any atom is -0.454 e. The van der Waals surface area contributed by atoms with E-state index >= 15 is 0 Å². The molecule has 6 nitrogen and oxygen atoms in total. The fraction of sp³-hybridized carbons (Fsp3) is 0.235. The normalized spacial score (nSPS) is 10.6. The minimum absolute atomic E-state index is 0.279. The number of hydrogen-bond donors (Lipinski definition) is 0. The molecule has 0 saturated carbocycles. The van der Waals surface area contributed by atoms with Crippen molar-refractivity contribution >= 4 is 16.7 Å². The van der Waals surface area contributed by atoms with Crippen LogP contribution in [0.15, 0.2) is 30.7 Å². The monoisotopic (exact) mass is 307 g/mol. The van der Waals surface area contributed by atoms with Crippen LogP contribution in [0.4, 0.5) is 5.69 Å². The largest absolute Gasteiger partial charge is 0.454 e. The van der Waals surface area contributed by atoms with Crippen LogP contribution in [0.25, 0.3) is 11.0 Å². The molecule has 0 unspecified atom stereocenters. The quantitative estimate of drug-likeness (QED) is 0.744. The summed E-state index contributed by atoms with van der Waals surface area (Å²) in [5, 5.41) is 9.23. The SMILES string of the molecule is Cc1ccnc(C#N)c1Oc1cc(N(C)C)c2ncn(C)c2c1. The Bertz CT molecular complexity index is 921. The average molecular weight is 307 g/mol. The second-order valence-electron chi connectivity index (χ2n) is 5.58. The second-order valence-corrected chi connectivity index (χ2v) is 5.58. The van der Waals surface area contributed by atoms with Crippen LogP contribution in [0.1, 0.15) is 11.3 Å². The number of nitriles is 1. The van der Waals surface area contributed by atoms with Crippen molar-refractivity contribution in [1.29, 1.82) is 5.26 Å². The third kappa shape index (κ3) is 2.57. The number of rotatable bonds is 3. The molecule has 0 aliphatic heterocycles. The zero-order valence-electron chi connectivity index (χ0n) is 13.5. The Morgan fingerprint density at radius 3 is 2.74 bits per heavy atom. The molecule has 116 valence electrons. The van der Waals surface area contributed by atoms with Gasteiger partial charge in [-0.25, -0.2) is 9.97 Å². The molecule has 0 bridgehead atoms. The van der Waals surface area contributed by atoms with E-state index in [9.17, 15) is 5.26 Å². The Morgan fingerprint density at radius 2 is 2.04 bits per heavy atom. The standard InChI is InChI=1S/C17H17N5O/c1-11-5-6-19-13(9-18)17(11)23-12-7-14(21(2)3)16-15(8-12)22(4)10-20-16/h5-8,10H,1-4H3. The van der Waals surface area contributed by atoms with Gasteiger partial charge in [-0.2, -0.15) is 5.26 Å². The van der Waals surface area contributed by atoms with Crippen LogP contribution in [0, 0.1) is 18.3 Å². The van der Waals surface area contributed by atoms with Gasteiger partial charge in [-0.15, -0.1) is 0 Å². The Labute approximate surface area is 134 Å². The summed E-state index contributed by atoms with van der Waals surface area (Å²) in [4.78, 5) is 10.5. The van der Waals surface area contributed by atoms with Crippen molar-refractivity contribution in [3.63, 3.8) is 0 Å². The van der Waals surface area contributed by atoms with E-state index in [2.05, 4.69) is 16.0 Å². The molecule has 2 heterocycles. The average Bonchev–Trinajstić information content (AvgIpc) is 2.90. The van der Waals surface area contributed by atoms with Crippen LogP contribution in [-0.4, -0.2) is 28.6 Å². The fourth-order valence-corrected chi connectivity index (χ4v) is 2.46. The summed E-state index contributed by atoms with van der Waals surface area (Å²) in [5.74, 6) is 1.14. The van der Waals surface area contributed by atoms with Crippen LogP contribution >= 0.6 is 0 Å². The number of fused-ring (bicyclic) bond motifs is 1. The lowest BCUT2D eigenvalue weighted by Crippen LogP contribution is -2.09. The molecule has 0 N–H and O–H groups in total. The van der Waals surface area contributed by atoms with E-state index < -0.39 is 0 Å². The van der Waals surface area contributed by atoms with Crippen LogP contribution in [0.3, 0.4) is 0 Å². The summed E-state index contributed by atoms with van der Waals surface area (Å²) in [7, 11) is 5.86. The Balaban J connectivity index is 2.15. The van der Waals surface area contributed by atoms with Crippen LogP contribution in [0.2, 0.25) is 0 Å². The fourth-order valence-electron chi connectivity index (χ4n) is 2.46. The molecule has 23 heavy (non-hydrogen) atoms. The third-order valence-electron chi connectivity index (χ3n) is 3.69. The Morgan fingerprint density at radius 1 is 1.26 bits per heavy atom. The molecular formula is C17H17N5O. The van der Waals surface area contributed by atoms with E-state index in [1.54, 1.807) is 12.5 Å². The van der Waals surface area contributed by atoms with Crippen molar-refractivity contribution in [1.82, 2.24) is 14.5 Å². The van der Waals surface area contributed by atoms with Gasteiger partial charge < -0.3 is 14.2 Å². The van der Waals surface area contributed by atoms with Crippen molar-refractivity contribution in [2.45, 2.75) is 6.92 Å². The number of ether oxygens (including phenoxy) is 1. The summed E-state index contributed by atoms with van der Waals surface area (Å²) < 4.78 is 7.94. The number of anilines is 1. The number of aryl methyl sites for hydroxylation is 2. The molecular weight excluding hydrogens is 290 g/mol. The van der Waals surface area contributed by atoms with E-state index in [0.717, 1.165) is 22.3 Å². The molecule has 6 heteroatoms. The Kier molecular flexibility index (Phi) is 3.62. The van der Waals surface area contributed by atoms with Crippen molar-refractivity contribution in [3.8, 4) is 17.6 Å². The lowest BCUT2D eigenvalue weighted by Gasteiger charge is -2.16. The maximum absolute atomic E-state index is 9.23. The van der Waals surface area contributed by atoms with Crippen molar-refractivity contribution < 1.29 is 4.74 Å². The highest BCUT2D eigenvalue weighted by molar-refractivity contribution is 5.90. The van der Waals surface area contributed by atoms with E-state index in [0.29, 0.717) is 11.5 Å². The van der Waals surface area contributed by atoms with Gasteiger partial charge in [0.25, 0.3) is 0 Å². The lowest BCUT2D eigenvalue weighted by molar-refractivity contribution is 0.475. The summed E-state index contributed by atoms with van der Waals surface area (Å²) in [6.45, 7) is 1.90. The summed E-state index contributed by atoms with van der Waals surface area (Å²) in [6.07, 6.45) is 3.38. The van der Waals surface area contributed by atoms with Gasteiger partial charge in [0.1, 0.15) is 17.3 Å². The smallest absolute Gasteiger partial charge is 0.183 e. The van der Waals surface area contributed by atoms with E-state index in [4.69, 9.17) is 4.74 Å². The Hall–Kier alpha value is -3.07. The minimum atomic E-state index is 0.279. The van der Waals surface area contributed by atoms with Gasteiger partial charge in [0.2, 0.25) is 0 Å². The molecule has 0 amide bonds. The van der Waals surface area contributed by atoms with Gasteiger partial charge in [-0.3, -0.25) is 0 Å². The van der Waals surface area contributed by atoms with Crippen LogP contribution < -0.4 is 9.64 Å². The molecule has 0 spiro atoms. The predicted octanol–water partition coefficient (Wildman–Crippen LogP) is 3.01. The molecule has 0 aliphatic carbocycles. The first-order chi connectivity index (χ1) is 11.0. The maximum atomic E-state index is 9.23. The molecule has 0 aliphatic rings. The van der Waals surface area contributed by atoms with Crippen molar-refractivity contribution in [2.24, 2.45) is 7.05 Å². The molecule has 0 fully saturated rings. The van der Waals surface area contributed by atoms with Gasteiger partial charge in [0.15, 0.2) is 11.4 Å². The first-order valence-electron chi connectivity index (χ1n) is 7.17. The molecule has 0 radical (unpaired) electrons. The topological polar surface area (TPSA) is 67.0 Å². The first-order valence-corrected chi connectivity index (χ1v) is 7.17. The summed E-state index contributed by atoms with van der Waals surface area (Å²) in [5.41, 5.74) is 3.98. The summed E-state index contributed by atoms with van der Waals surface area (Å²) >= 11 is 0. The molecule has 2 aromatic heterocycles. The van der Waals surface area contributed by atoms with Crippen molar-refractivity contribution in [2.75, 3.05) is 19.0 Å². The number of benzene rings is 1. The third-order valence-corrected chi connectivity index (χ3v) is 3.69. The highest BCUT2D eigenvalue weighted by atomic mass is 16.5. The van der Waals surface area contributed by atoms with E-state index in [1.165, 1.54) is 0 Å².